The Morgan fingerprint density at radius 1 is 1.11 bits per heavy atom. The fourth-order valence-electron chi connectivity index (χ4n) is 0. The summed E-state index contributed by atoms with van der Waals surface area (Å²) in [6.45, 7) is 11.8. The molecule has 0 aliphatic rings. The summed E-state index contributed by atoms with van der Waals surface area (Å²) < 4.78 is 0. The van der Waals surface area contributed by atoms with E-state index in [0.717, 1.165) is 0 Å². The Morgan fingerprint density at radius 3 is 1.11 bits per heavy atom. The Balaban J connectivity index is -0.0000000233. The van der Waals surface area contributed by atoms with E-state index in [2.05, 4.69) is 20.4 Å². The molecule has 0 aromatic rings. The molecule has 2 nitrogen and oxygen atoms in total. The first-order chi connectivity index (χ1) is 3.15. The summed E-state index contributed by atoms with van der Waals surface area (Å²) in [6.07, 6.45) is 1.25. The lowest BCUT2D eigenvalue weighted by Crippen LogP contribution is -1.43. The average Bonchev–Trinajstić information content (AvgIpc) is 1.33. The molecule has 0 saturated carbocycles. The van der Waals surface area contributed by atoms with E-state index in [9.17, 15) is 0 Å². The zero-order valence-electron chi connectivity index (χ0n) is 7.33. The van der Waals surface area contributed by atoms with Crippen LogP contribution in [0.25, 0.3) is 0 Å². The van der Waals surface area contributed by atoms with E-state index in [1.54, 1.807) is 0 Å². The molecule has 0 aromatic heterocycles. The highest BCUT2D eigenvalue weighted by Crippen LogP contribution is 1.73. The molecule has 0 bridgehead atoms. The van der Waals surface area contributed by atoms with Gasteiger partial charge < -0.3 is 12.3 Å². The first kappa shape index (κ1) is 23.4. The Kier molecular flexibility index (Phi) is 65.9. The summed E-state index contributed by atoms with van der Waals surface area (Å²) >= 11 is 0. The Morgan fingerprint density at radius 2 is 1.11 bits per heavy atom. The third kappa shape index (κ3) is 2120. The smallest absolute Gasteiger partial charge is 0.0445 e. The molecule has 0 unspecified atom stereocenters. The fraction of sp³-hybridized carbons (Fsp3) is 0.714. The van der Waals surface area contributed by atoms with E-state index in [1.165, 1.54) is 12.0 Å². The van der Waals surface area contributed by atoms with Gasteiger partial charge in [0.15, 0.2) is 0 Å². The standard InChI is InChI=1S/C4H8.C3H8.2H3N/c1-4(2)3;1-3-2;;/h1H2,2-3H3;3H2,1-2H3;2*1H3. The first-order valence-corrected chi connectivity index (χ1v) is 2.77. The van der Waals surface area contributed by atoms with Gasteiger partial charge in [0.2, 0.25) is 0 Å². The van der Waals surface area contributed by atoms with Crippen LogP contribution in [0.15, 0.2) is 12.2 Å². The van der Waals surface area contributed by atoms with Crippen molar-refractivity contribution in [2.75, 3.05) is 0 Å². The van der Waals surface area contributed by atoms with Crippen molar-refractivity contribution in [2.45, 2.75) is 34.1 Å². The molecule has 60 valence electrons. The van der Waals surface area contributed by atoms with Crippen molar-refractivity contribution in [1.29, 1.82) is 0 Å². The van der Waals surface area contributed by atoms with Gasteiger partial charge in [0.05, 0.1) is 0 Å². The van der Waals surface area contributed by atoms with Crippen molar-refractivity contribution in [3.63, 3.8) is 0 Å². The van der Waals surface area contributed by atoms with Crippen molar-refractivity contribution >= 4 is 0 Å². The van der Waals surface area contributed by atoms with E-state index in [4.69, 9.17) is 0 Å². The van der Waals surface area contributed by atoms with E-state index in [-0.39, 0.29) is 12.3 Å². The molecule has 0 heterocycles. The highest BCUT2D eigenvalue weighted by molar-refractivity contribution is 4.78. The van der Waals surface area contributed by atoms with Crippen LogP contribution in [0.4, 0.5) is 0 Å². The van der Waals surface area contributed by atoms with Crippen LogP contribution in [0, 0.1) is 0 Å². The van der Waals surface area contributed by atoms with Gasteiger partial charge in [0, 0.05) is 0 Å². The Labute approximate surface area is 59.5 Å². The minimum absolute atomic E-state index is 0. The number of hydrogen-bond donors (Lipinski definition) is 2. The maximum Gasteiger partial charge on any atom is -0.0445 e. The third-order valence-corrected chi connectivity index (χ3v) is 0. The molecular formula is C7H22N2. The lowest BCUT2D eigenvalue weighted by molar-refractivity contribution is 1.09. The molecule has 0 saturated heterocycles. The van der Waals surface area contributed by atoms with E-state index < -0.39 is 0 Å². The van der Waals surface area contributed by atoms with Crippen molar-refractivity contribution < 1.29 is 0 Å². The molecule has 0 aliphatic carbocycles. The fourth-order valence-corrected chi connectivity index (χ4v) is 0. The van der Waals surface area contributed by atoms with Gasteiger partial charge in [-0.25, -0.2) is 0 Å². The monoisotopic (exact) mass is 134 g/mol. The molecule has 2 heteroatoms. The Bertz CT molecular complexity index is 38.2. The van der Waals surface area contributed by atoms with Crippen LogP contribution in [0.3, 0.4) is 0 Å². The summed E-state index contributed by atoms with van der Waals surface area (Å²) in [4.78, 5) is 0. The summed E-state index contributed by atoms with van der Waals surface area (Å²) in [5.74, 6) is 0. The second kappa shape index (κ2) is 25.4. The molecule has 0 aliphatic heterocycles. The van der Waals surface area contributed by atoms with Gasteiger partial charge >= 0.3 is 0 Å². The normalized spacial score (nSPS) is 4.89. The van der Waals surface area contributed by atoms with Crippen LogP contribution in [-0.2, 0) is 0 Å². The van der Waals surface area contributed by atoms with Crippen LogP contribution in [0.1, 0.15) is 34.1 Å². The molecule has 6 N–H and O–H groups in total. The predicted molar refractivity (Wildman–Crippen MR) is 46.5 cm³/mol. The van der Waals surface area contributed by atoms with Crippen LogP contribution < -0.4 is 12.3 Å². The third-order valence-electron chi connectivity index (χ3n) is 0. The van der Waals surface area contributed by atoms with Gasteiger partial charge in [-0.2, -0.15) is 0 Å². The zero-order valence-corrected chi connectivity index (χ0v) is 7.33. The predicted octanol–water partition coefficient (Wildman–Crippen LogP) is 3.32. The van der Waals surface area contributed by atoms with Crippen LogP contribution >= 0.6 is 0 Å². The topological polar surface area (TPSA) is 70.0 Å². The maximum absolute atomic E-state index is 3.56. The van der Waals surface area contributed by atoms with Crippen LogP contribution in [0.2, 0.25) is 0 Å². The molecule has 0 aromatic carbocycles. The summed E-state index contributed by atoms with van der Waals surface area (Å²) in [5.41, 5.74) is 1.17. The number of rotatable bonds is 0. The van der Waals surface area contributed by atoms with Crippen molar-refractivity contribution in [3.05, 3.63) is 12.2 Å². The van der Waals surface area contributed by atoms with Gasteiger partial charge in [0.25, 0.3) is 0 Å². The summed E-state index contributed by atoms with van der Waals surface area (Å²) in [7, 11) is 0. The lowest BCUT2D eigenvalue weighted by Gasteiger charge is -1.65. The Hall–Kier alpha value is -0.340. The first-order valence-electron chi connectivity index (χ1n) is 2.77. The minimum atomic E-state index is 0. The second-order valence-corrected chi connectivity index (χ2v) is 1.91. The van der Waals surface area contributed by atoms with Gasteiger partial charge in [0.1, 0.15) is 0 Å². The van der Waals surface area contributed by atoms with Gasteiger partial charge in [-0.3, -0.25) is 0 Å². The number of hydrogen-bond acceptors (Lipinski definition) is 2. The van der Waals surface area contributed by atoms with Crippen molar-refractivity contribution in [1.82, 2.24) is 12.3 Å². The van der Waals surface area contributed by atoms with Crippen LogP contribution in [0.5, 0.6) is 0 Å². The molecule has 9 heavy (non-hydrogen) atoms. The zero-order chi connectivity index (χ0) is 6.28. The molecule has 0 spiro atoms. The highest BCUT2D eigenvalue weighted by atomic mass is 14.0. The summed E-state index contributed by atoms with van der Waals surface area (Å²) in [6, 6.07) is 0. The van der Waals surface area contributed by atoms with Gasteiger partial charge in [-0.15, -0.1) is 6.58 Å². The molecular weight excluding hydrogens is 112 g/mol. The van der Waals surface area contributed by atoms with Crippen LogP contribution in [-0.4, -0.2) is 0 Å². The molecule has 0 fully saturated rings. The largest absolute Gasteiger partial charge is 0.344 e. The second-order valence-electron chi connectivity index (χ2n) is 1.91. The van der Waals surface area contributed by atoms with Gasteiger partial charge in [-0.05, 0) is 13.8 Å². The number of allylic oxidation sites excluding steroid dienone is 1. The SMILES string of the molecule is C=C(C)C.CCC.N.N. The summed E-state index contributed by atoms with van der Waals surface area (Å²) in [5, 5.41) is 0. The van der Waals surface area contributed by atoms with E-state index in [1.807, 2.05) is 13.8 Å². The maximum atomic E-state index is 3.56. The quantitative estimate of drug-likeness (QED) is 0.499. The molecule has 0 amide bonds. The van der Waals surface area contributed by atoms with E-state index in [0.29, 0.717) is 0 Å². The molecule has 0 radical (unpaired) electrons. The lowest BCUT2D eigenvalue weighted by atomic mass is 10.4. The molecule has 0 rings (SSSR count). The highest BCUT2D eigenvalue weighted by Gasteiger charge is 1.51. The average molecular weight is 134 g/mol. The molecule has 0 atom stereocenters. The van der Waals surface area contributed by atoms with Gasteiger partial charge in [-0.1, -0.05) is 25.8 Å². The minimum Gasteiger partial charge on any atom is -0.344 e. The van der Waals surface area contributed by atoms with Crippen molar-refractivity contribution in [3.8, 4) is 0 Å². The van der Waals surface area contributed by atoms with E-state index >= 15 is 0 Å². The van der Waals surface area contributed by atoms with Crippen molar-refractivity contribution in [2.24, 2.45) is 0 Å².